The first-order valence-corrected chi connectivity index (χ1v) is 11.6. The highest BCUT2D eigenvalue weighted by molar-refractivity contribution is 7.17. The molecule has 0 radical (unpaired) electrons. The van der Waals surface area contributed by atoms with Crippen molar-refractivity contribution in [3.63, 3.8) is 0 Å². The van der Waals surface area contributed by atoms with Crippen LogP contribution in [0.25, 0.3) is 0 Å². The van der Waals surface area contributed by atoms with E-state index in [2.05, 4.69) is 10.3 Å². The summed E-state index contributed by atoms with van der Waals surface area (Å²) in [6, 6.07) is 4.22. The van der Waals surface area contributed by atoms with Crippen LogP contribution in [0, 0.1) is 11.7 Å². The number of halogens is 2. The molecule has 1 heterocycles. The average molecular weight is 464 g/mol. The zero-order valence-corrected chi connectivity index (χ0v) is 18.7. The number of amides is 2. The van der Waals surface area contributed by atoms with Crippen LogP contribution in [0.1, 0.15) is 64.2 Å². The van der Waals surface area contributed by atoms with Gasteiger partial charge in [-0.2, -0.15) is 0 Å². The zero-order chi connectivity index (χ0) is 22.1. The van der Waals surface area contributed by atoms with Gasteiger partial charge in [-0.15, -0.1) is 0 Å². The van der Waals surface area contributed by atoms with Gasteiger partial charge in [-0.05, 0) is 25.0 Å². The molecule has 0 saturated heterocycles. The van der Waals surface area contributed by atoms with Crippen molar-refractivity contribution in [2.45, 2.75) is 51.0 Å². The number of nitrogens with zero attached hydrogens (tertiary/aromatic N) is 2. The van der Waals surface area contributed by atoms with Gasteiger partial charge in [0.25, 0.3) is 5.91 Å². The smallest absolute Gasteiger partial charge is 0.261 e. The molecule has 2 aromatic rings. The first kappa shape index (κ1) is 21.9. The van der Waals surface area contributed by atoms with Gasteiger partial charge in [0.05, 0.1) is 27.1 Å². The highest BCUT2D eigenvalue weighted by atomic mass is 35.5. The first-order valence-electron chi connectivity index (χ1n) is 10.4. The number of hydrogen-bond donors (Lipinski definition) is 1. The molecule has 2 aliphatic carbocycles. The average Bonchev–Trinajstić information content (AvgIpc) is 3.16. The quantitative estimate of drug-likeness (QED) is 0.711. The van der Waals surface area contributed by atoms with Gasteiger partial charge < -0.3 is 4.90 Å². The second-order valence-corrected chi connectivity index (χ2v) is 9.52. The molecule has 1 saturated carbocycles. The van der Waals surface area contributed by atoms with Gasteiger partial charge in [-0.3, -0.25) is 19.7 Å². The van der Waals surface area contributed by atoms with E-state index in [0.29, 0.717) is 17.0 Å². The fraction of sp³-hybridized carbons (Fsp3) is 0.455. The minimum Gasteiger partial charge on any atom is -0.343 e. The summed E-state index contributed by atoms with van der Waals surface area (Å²) in [5.41, 5.74) is 0.234. The predicted molar refractivity (Wildman–Crippen MR) is 117 cm³/mol. The van der Waals surface area contributed by atoms with E-state index in [4.69, 9.17) is 11.6 Å². The Kier molecular flexibility index (Phi) is 6.39. The topological polar surface area (TPSA) is 79.4 Å². The Morgan fingerprint density at radius 3 is 2.68 bits per heavy atom. The molecule has 4 rings (SSSR count). The van der Waals surface area contributed by atoms with Gasteiger partial charge in [0.1, 0.15) is 5.82 Å². The molecule has 31 heavy (non-hydrogen) atoms. The van der Waals surface area contributed by atoms with Crippen LogP contribution in [0.3, 0.4) is 0 Å². The second-order valence-electron chi connectivity index (χ2n) is 8.11. The normalized spacial score (nSPS) is 19.1. The number of aromatic nitrogens is 1. The molecule has 1 fully saturated rings. The van der Waals surface area contributed by atoms with E-state index in [1.54, 1.807) is 4.90 Å². The van der Waals surface area contributed by atoms with Gasteiger partial charge in [0.2, 0.25) is 5.91 Å². The fourth-order valence-corrected chi connectivity index (χ4v) is 5.55. The number of fused-ring (bicyclic) bond motifs is 1. The van der Waals surface area contributed by atoms with Gasteiger partial charge >= 0.3 is 0 Å². The number of hydrogen-bond acceptors (Lipinski definition) is 5. The van der Waals surface area contributed by atoms with Crippen LogP contribution in [-0.2, 0) is 11.2 Å². The van der Waals surface area contributed by atoms with E-state index in [1.165, 1.54) is 18.6 Å². The van der Waals surface area contributed by atoms with E-state index in [-0.39, 0.29) is 39.9 Å². The van der Waals surface area contributed by atoms with Crippen molar-refractivity contribution in [2.24, 2.45) is 5.92 Å². The van der Waals surface area contributed by atoms with Crippen LogP contribution in [0.2, 0.25) is 5.02 Å². The standard InChI is InChI=1S/C22H23ClFN3O3S/c1-27(13-6-3-2-4-7-13)21(30)12-10-16-19(17(28)11-12)31-22(25-16)26-20(29)18-14(23)8-5-9-15(18)24/h5,8-9,12-13H,2-4,6-7,10-11H2,1H3,(H,25,26,29). The van der Waals surface area contributed by atoms with Crippen LogP contribution >= 0.6 is 22.9 Å². The van der Waals surface area contributed by atoms with E-state index >= 15 is 0 Å². The molecule has 6 nitrogen and oxygen atoms in total. The third-order valence-electron chi connectivity index (χ3n) is 6.05. The number of nitrogens with one attached hydrogen (secondary N) is 1. The molecule has 0 bridgehead atoms. The monoisotopic (exact) mass is 463 g/mol. The minimum atomic E-state index is -0.737. The zero-order valence-electron chi connectivity index (χ0n) is 17.1. The molecule has 0 spiro atoms. The molecule has 1 N–H and O–H groups in total. The molecule has 9 heteroatoms. The van der Waals surface area contributed by atoms with Crippen LogP contribution in [0.4, 0.5) is 9.52 Å². The van der Waals surface area contributed by atoms with Gasteiger partial charge in [-0.1, -0.05) is 48.3 Å². The van der Waals surface area contributed by atoms with Gasteiger partial charge in [-0.25, -0.2) is 9.37 Å². The van der Waals surface area contributed by atoms with Crippen molar-refractivity contribution in [3.05, 3.63) is 45.2 Å². The molecular weight excluding hydrogens is 441 g/mol. The first-order chi connectivity index (χ1) is 14.8. The summed E-state index contributed by atoms with van der Waals surface area (Å²) in [6.45, 7) is 0. The molecule has 2 aliphatic rings. The summed E-state index contributed by atoms with van der Waals surface area (Å²) in [5, 5.41) is 2.72. The van der Waals surface area contributed by atoms with E-state index in [9.17, 15) is 18.8 Å². The van der Waals surface area contributed by atoms with E-state index < -0.39 is 17.6 Å². The maximum absolute atomic E-state index is 14.0. The van der Waals surface area contributed by atoms with E-state index in [1.807, 2.05) is 7.05 Å². The molecule has 164 valence electrons. The Labute approximate surface area is 188 Å². The second kappa shape index (κ2) is 9.04. The van der Waals surface area contributed by atoms with Crippen molar-refractivity contribution in [1.82, 2.24) is 9.88 Å². The van der Waals surface area contributed by atoms with Crippen molar-refractivity contribution >= 4 is 45.7 Å². The van der Waals surface area contributed by atoms with Crippen LogP contribution in [0.15, 0.2) is 18.2 Å². The number of benzene rings is 1. The number of rotatable bonds is 4. The third-order valence-corrected chi connectivity index (χ3v) is 7.42. The number of Topliss-reactive ketones (excluding diaryl/α,β-unsaturated/α-hetero) is 1. The van der Waals surface area contributed by atoms with Crippen molar-refractivity contribution in [2.75, 3.05) is 12.4 Å². The van der Waals surface area contributed by atoms with Crippen LogP contribution in [0.5, 0.6) is 0 Å². The number of anilines is 1. The Morgan fingerprint density at radius 1 is 1.23 bits per heavy atom. The van der Waals surface area contributed by atoms with Gasteiger partial charge in [0.15, 0.2) is 10.9 Å². The van der Waals surface area contributed by atoms with Crippen LogP contribution in [-0.4, -0.2) is 40.6 Å². The number of carbonyl (C=O) groups excluding carboxylic acids is 3. The largest absolute Gasteiger partial charge is 0.343 e. The van der Waals surface area contributed by atoms with Crippen molar-refractivity contribution in [3.8, 4) is 0 Å². The maximum atomic E-state index is 14.0. The maximum Gasteiger partial charge on any atom is 0.261 e. The summed E-state index contributed by atoms with van der Waals surface area (Å²) < 4.78 is 14.0. The van der Waals surface area contributed by atoms with Crippen molar-refractivity contribution < 1.29 is 18.8 Å². The lowest BCUT2D eigenvalue weighted by Gasteiger charge is -2.34. The molecule has 1 atom stereocenters. The predicted octanol–water partition coefficient (Wildman–Crippen LogP) is 4.72. The molecule has 2 amide bonds. The summed E-state index contributed by atoms with van der Waals surface area (Å²) in [4.78, 5) is 44.8. The lowest BCUT2D eigenvalue weighted by atomic mass is 9.87. The fourth-order valence-electron chi connectivity index (χ4n) is 4.37. The summed E-state index contributed by atoms with van der Waals surface area (Å²) in [6.07, 6.45) is 5.93. The molecule has 0 aliphatic heterocycles. The lowest BCUT2D eigenvalue weighted by molar-refractivity contribution is -0.137. The Hall–Kier alpha value is -2.32. The highest BCUT2D eigenvalue weighted by Crippen LogP contribution is 2.34. The van der Waals surface area contributed by atoms with E-state index in [0.717, 1.165) is 43.1 Å². The Bertz CT molecular complexity index is 1010. The summed E-state index contributed by atoms with van der Waals surface area (Å²) in [7, 11) is 1.82. The Balaban J connectivity index is 1.48. The number of ketones is 1. The third kappa shape index (κ3) is 4.50. The molecule has 1 aromatic carbocycles. The SMILES string of the molecule is CN(C(=O)C1CC(=O)c2sc(NC(=O)c3c(F)cccc3Cl)nc2C1)C1CCCCC1. The lowest BCUT2D eigenvalue weighted by Crippen LogP contribution is -2.43. The van der Waals surface area contributed by atoms with Gasteiger partial charge in [0, 0.05) is 25.9 Å². The number of carbonyl (C=O) groups is 3. The minimum absolute atomic E-state index is 0.00805. The van der Waals surface area contributed by atoms with Crippen molar-refractivity contribution in [1.29, 1.82) is 0 Å². The molecule has 1 aromatic heterocycles. The van der Waals surface area contributed by atoms with Crippen LogP contribution < -0.4 is 5.32 Å². The number of thiazole rings is 1. The highest BCUT2D eigenvalue weighted by Gasteiger charge is 2.36. The Morgan fingerprint density at radius 2 is 1.97 bits per heavy atom. The summed E-state index contributed by atoms with van der Waals surface area (Å²) >= 11 is 6.99. The summed E-state index contributed by atoms with van der Waals surface area (Å²) in [5.74, 6) is -2.09. The molecular formula is C22H23ClFN3O3S. The molecule has 1 unspecified atom stereocenters.